The maximum atomic E-state index is 14.1. The minimum atomic E-state index is -0.519. The summed E-state index contributed by atoms with van der Waals surface area (Å²) in [6.07, 6.45) is 0. The van der Waals surface area contributed by atoms with Crippen LogP contribution in [0.15, 0.2) is 18.2 Å². The van der Waals surface area contributed by atoms with Crippen LogP contribution in [0.1, 0.15) is 11.1 Å². The van der Waals surface area contributed by atoms with E-state index in [0.29, 0.717) is 30.8 Å². The average molecular weight is 291 g/mol. The highest BCUT2D eigenvalue weighted by molar-refractivity contribution is 5.80. The van der Waals surface area contributed by atoms with Crippen molar-refractivity contribution in [1.82, 2.24) is 4.90 Å². The number of rotatable bonds is 3. The number of nitrogens with two attached hydrogens (primary N) is 2. The molecule has 0 aromatic heterocycles. The third-order valence-corrected chi connectivity index (χ3v) is 3.33. The van der Waals surface area contributed by atoms with E-state index in [9.17, 15) is 9.18 Å². The van der Waals surface area contributed by atoms with Gasteiger partial charge in [0.2, 0.25) is 5.91 Å². The van der Waals surface area contributed by atoms with Crippen LogP contribution in [0.3, 0.4) is 0 Å². The average Bonchev–Trinajstić information content (AvgIpc) is 2.48. The number of primary amides is 1. The lowest BCUT2D eigenvalue weighted by molar-refractivity contribution is -0.129. The van der Waals surface area contributed by atoms with Crippen molar-refractivity contribution in [1.29, 1.82) is 0 Å². The molecule has 1 atom stereocenters. The predicted molar refractivity (Wildman–Crippen MR) is 76.5 cm³/mol. The second-order valence-electron chi connectivity index (χ2n) is 4.78. The summed E-state index contributed by atoms with van der Waals surface area (Å²) in [5.41, 5.74) is 11.7. The number of hydrogen-bond acceptors (Lipinski definition) is 4. The first-order valence-corrected chi connectivity index (χ1v) is 6.70. The molecule has 1 amide bonds. The van der Waals surface area contributed by atoms with E-state index in [0.717, 1.165) is 0 Å². The molecule has 1 aromatic carbocycles. The van der Waals surface area contributed by atoms with Crippen molar-refractivity contribution < 1.29 is 13.9 Å². The fourth-order valence-corrected chi connectivity index (χ4v) is 2.21. The highest BCUT2D eigenvalue weighted by atomic mass is 19.1. The normalized spacial score (nSPS) is 18.9. The van der Waals surface area contributed by atoms with Crippen molar-refractivity contribution in [2.24, 2.45) is 11.5 Å². The molecule has 1 unspecified atom stereocenters. The van der Waals surface area contributed by atoms with Gasteiger partial charge in [-0.05, 0) is 12.1 Å². The first-order chi connectivity index (χ1) is 10.1. The van der Waals surface area contributed by atoms with Gasteiger partial charge in [-0.25, -0.2) is 4.39 Å². The molecule has 1 heterocycles. The number of ether oxygens (including phenoxy) is 1. The largest absolute Gasteiger partial charge is 0.378 e. The monoisotopic (exact) mass is 291 g/mol. The fourth-order valence-electron chi connectivity index (χ4n) is 2.21. The molecule has 6 heteroatoms. The van der Waals surface area contributed by atoms with E-state index < -0.39 is 11.9 Å². The molecule has 0 radical (unpaired) electrons. The van der Waals surface area contributed by atoms with E-state index in [1.807, 2.05) is 4.90 Å². The molecule has 1 fully saturated rings. The van der Waals surface area contributed by atoms with Gasteiger partial charge in [0.15, 0.2) is 0 Å². The second-order valence-corrected chi connectivity index (χ2v) is 4.78. The van der Waals surface area contributed by atoms with Crippen molar-refractivity contribution in [2.75, 3.05) is 26.3 Å². The van der Waals surface area contributed by atoms with Crippen LogP contribution in [0.2, 0.25) is 0 Å². The summed E-state index contributed by atoms with van der Waals surface area (Å²) < 4.78 is 19.3. The summed E-state index contributed by atoms with van der Waals surface area (Å²) in [6, 6.07) is 4.26. The molecule has 0 saturated carbocycles. The van der Waals surface area contributed by atoms with Crippen LogP contribution in [-0.2, 0) is 16.1 Å². The van der Waals surface area contributed by atoms with Crippen molar-refractivity contribution in [3.8, 4) is 11.8 Å². The zero-order chi connectivity index (χ0) is 15.2. The standard InChI is InChI=1S/C15H18FN3O2/c16-13-8-11(2-1-5-17)3-4-12(13)9-19-6-7-21-10-14(19)15(18)20/h3-4,8,14H,5-7,9-10,17H2,(H2,18,20). The van der Waals surface area contributed by atoms with Crippen LogP contribution in [0.5, 0.6) is 0 Å². The summed E-state index contributed by atoms with van der Waals surface area (Å²) in [5.74, 6) is 4.65. The molecule has 112 valence electrons. The number of halogens is 1. The molecule has 1 aromatic rings. The van der Waals surface area contributed by atoms with E-state index in [4.69, 9.17) is 16.2 Å². The van der Waals surface area contributed by atoms with Crippen molar-refractivity contribution in [3.63, 3.8) is 0 Å². The molecular formula is C15H18FN3O2. The number of carbonyl (C=O) groups is 1. The van der Waals surface area contributed by atoms with Gasteiger partial charge in [0.1, 0.15) is 11.9 Å². The Morgan fingerprint density at radius 1 is 1.52 bits per heavy atom. The number of nitrogens with zero attached hydrogens (tertiary/aromatic N) is 1. The van der Waals surface area contributed by atoms with Crippen molar-refractivity contribution in [3.05, 3.63) is 35.1 Å². The molecule has 4 N–H and O–H groups in total. The maximum absolute atomic E-state index is 14.1. The lowest BCUT2D eigenvalue weighted by atomic mass is 10.1. The van der Waals surface area contributed by atoms with Crippen LogP contribution in [0.4, 0.5) is 4.39 Å². The molecule has 2 rings (SSSR count). The van der Waals surface area contributed by atoms with Crippen LogP contribution in [0, 0.1) is 17.7 Å². The Morgan fingerprint density at radius 2 is 2.33 bits per heavy atom. The molecule has 0 bridgehead atoms. The molecule has 1 aliphatic heterocycles. The Bertz CT molecular complexity index is 580. The number of carbonyl (C=O) groups excluding carboxylic acids is 1. The molecular weight excluding hydrogens is 273 g/mol. The maximum Gasteiger partial charge on any atom is 0.237 e. The summed E-state index contributed by atoms with van der Waals surface area (Å²) >= 11 is 0. The Hall–Kier alpha value is -1.94. The Balaban J connectivity index is 2.13. The molecule has 0 spiro atoms. The van der Waals surface area contributed by atoms with Gasteiger partial charge in [-0.2, -0.15) is 0 Å². The van der Waals surface area contributed by atoms with Crippen LogP contribution in [-0.4, -0.2) is 43.2 Å². The van der Waals surface area contributed by atoms with E-state index >= 15 is 0 Å². The Morgan fingerprint density at radius 3 is 3.00 bits per heavy atom. The lowest BCUT2D eigenvalue weighted by Gasteiger charge is -2.33. The van der Waals surface area contributed by atoms with Gasteiger partial charge in [-0.3, -0.25) is 9.69 Å². The third kappa shape index (κ3) is 4.02. The first-order valence-electron chi connectivity index (χ1n) is 6.70. The molecule has 21 heavy (non-hydrogen) atoms. The van der Waals surface area contributed by atoms with E-state index in [1.165, 1.54) is 6.07 Å². The zero-order valence-electron chi connectivity index (χ0n) is 11.6. The van der Waals surface area contributed by atoms with Crippen LogP contribution < -0.4 is 11.5 Å². The lowest BCUT2D eigenvalue weighted by Crippen LogP contribution is -2.51. The number of morpholine rings is 1. The van der Waals surface area contributed by atoms with Gasteiger partial charge in [0, 0.05) is 24.2 Å². The highest BCUT2D eigenvalue weighted by Gasteiger charge is 2.28. The number of amides is 1. The van der Waals surface area contributed by atoms with E-state index in [1.54, 1.807) is 12.1 Å². The molecule has 1 aliphatic rings. The van der Waals surface area contributed by atoms with E-state index in [-0.39, 0.29) is 19.0 Å². The predicted octanol–water partition coefficient (Wildman–Crippen LogP) is -0.178. The minimum absolute atomic E-state index is 0.234. The van der Waals surface area contributed by atoms with Gasteiger partial charge in [0.05, 0.1) is 19.8 Å². The second kappa shape index (κ2) is 7.18. The van der Waals surface area contributed by atoms with Crippen molar-refractivity contribution in [2.45, 2.75) is 12.6 Å². The van der Waals surface area contributed by atoms with Gasteiger partial charge >= 0.3 is 0 Å². The summed E-state index contributed by atoms with van der Waals surface area (Å²) in [6.45, 7) is 1.84. The molecule has 5 nitrogen and oxygen atoms in total. The first kappa shape index (κ1) is 15.4. The Labute approximate surface area is 123 Å². The van der Waals surface area contributed by atoms with E-state index in [2.05, 4.69) is 11.8 Å². The van der Waals surface area contributed by atoms with Gasteiger partial charge < -0.3 is 16.2 Å². The fraction of sp³-hybridized carbons (Fsp3) is 0.400. The SMILES string of the molecule is NCC#Cc1ccc(CN2CCOCC2C(N)=O)c(F)c1. The summed E-state index contributed by atoms with van der Waals surface area (Å²) in [4.78, 5) is 13.2. The third-order valence-electron chi connectivity index (χ3n) is 3.33. The number of hydrogen-bond donors (Lipinski definition) is 2. The van der Waals surface area contributed by atoms with Crippen molar-refractivity contribution >= 4 is 5.91 Å². The minimum Gasteiger partial charge on any atom is -0.378 e. The zero-order valence-corrected chi connectivity index (χ0v) is 11.6. The van der Waals surface area contributed by atoms with Gasteiger partial charge in [-0.15, -0.1) is 0 Å². The molecule has 1 saturated heterocycles. The molecule has 0 aliphatic carbocycles. The van der Waals surface area contributed by atoms with Gasteiger partial charge in [-0.1, -0.05) is 17.9 Å². The van der Waals surface area contributed by atoms with Gasteiger partial charge in [0.25, 0.3) is 0 Å². The van der Waals surface area contributed by atoms with Crippen LogP contribution >= 0.6 is 0 Å². The number of benzene rings is 1. The highest BCUT2D eigenvalue weighted by Crippen LogP contribution is 2.16. The smallest absolute Gasteiger partial charge is 0.237 e. The van der Waals surface area contributed by atoms with Crippen LogP contribution in [0.25, 0.3) is 0 Å². The Kier molecular flexibility index (Phi) is 5.28. The summed E-state index contributed by atoms with van der Waals surface area (Å²) in [5, 5.41) is 0. The quantitative estimate of drug-likeness (QED) is 0.757. The topological polar surface area (TPSA) is 81.6 Å². The summed E-state index contributed by atoms with van der Waals surface area (Å²) in [7, 11) is 0.